The van der Waals surface area contributed by atoms with Gasteiger partial charge in [-0.25, -0.2) is 14.4 Å². The van der Waals surface area contributed by atoms with Crippen LogP contribution in [0.1, 0.15) is 84.2 Å². The van der Waals surface area contributed by atoms with Gasteiger partial charge < -0.3 is 56.1 Å². The third kappa shape index (κ3) is 22.2. The number of aliphatic carboxylic acids is 3. The van der Waals surface area contributed by atoms with E-state index in [0.29, 0.717) is 83.2 Å². The van der Waals surface area contributed by atoms with E-state index in [9.17, 15) is 39.0 Å². The summed E-state index contributed by atoms with van der Waals surface area (Å²) >= 11 is 0. The van der Waals surface area contributed by atoms with Crippen LogP contribution in [-0.4, -0.2) is 144 Å². The summed E-state index contributed by atoms with van der Waals surface area (Å²) in [6.45, 7) is 5.03. The minimum absolute atomic E-state index is 0.0900. The first-order chi connectivity index (χ1) is 27.5. The quantitative estimate of drug-likeness (QED) is 0.0468. The van der Waals surface area contributed by atoms with Crippen molar-refractivity contribution in [2.45, 2.75) is 82.8 Å². The number of urea groups is 1. The average Bonchev–Trinajstić information content (AvgIpc) is 3.64. The van der Waals surface area contributed by atoms with Crippen molar-refractivity contribution < 1.29 is 58.3 Å². The molecule has 0 unspecified atom stereocenters. The lowest BCUT2D eigenvalue weighted by Gasteiger charge is -2.18. The fourth-order valence-corrected chi connectivity index (χ4v) is 5.24. The highest BCUT2D eigenvalue weighted by Gasteiger charge is 2.24. The summed E-state index contributed by atoms with van der Waals surface area (Å²) in [6.07, 6.45) is 6.35. The highest BCUT2D eigenvalue weighted by atomic mass is 16.5. The summed E-state index contributed by atoms with van der Waals surface area (Å²) in [5, 5.41) is 48.7. The van der Waals surface area contributed by atoms with Crippen molar-refractivity contribution in [2.75, 3.05) is 66.3 Å². The van der Waals surface area contributed by atoms with Gasteiger partial charge in [-0.3, -0.25) is 19.1 Å². The molecule has 0 saturated carbocycles. The molecular weight excluding hydrogens is 748 g/mol. The van der Waals surface area contributed by atoms with Gasteiger partial charge in [0.05, 0.1) is 45.3 Å². The van der Waals surface area contributed by atoms with Crippen molar-refractivity contribution in [1.29, 1.82) is 0 Å². The Bertz CT molecular complexity index is 1510. The second kappa shape index (κ2) is 29.1. The van der Waals surface area contributed by atoms with Crippen LogP contribution in [0.25, 0.3) is 0 Å². The van der Waals surface area contributed by atoms with E-state index in [1.165, 1.54) is 0 Å². The molecule has 8 N–H and O–H groups in total. The Morgan fingerprint density at radius 3 is 1.79 bits per heavy atom. The van der Waals surface area contributed by atoms with Gasteiger partial charge in [0.25, 0.3) is 11.8 Å². The molecule has 0 aliphatic heterocycles. The van der Waals surface area contributed by atoms with Crippen LogP contribution in [0.2, 0.25) is 0 Å². The highest BCUT2D eigenvalue weighted by molar-refractivity contribution is 5.97. The van der Waals surface area contributed by atoms with Gasteiger partial charge in [0.15, 0.2) is 0 Å². The fourth-order valence-electron chi connectivity index (χ4n) is 5.24. The van der Waals surface area contributed by atoms with Crippen LogP contribution in [0.4, 0.5) is 4.79 Å². The normalized spacial score (nSPS) is 12.0. The molecule has 1 aromatic carbocycles. The number of aryl methyl sites for hydroxylation is 2. The van der Waals surface area contributed by atoms with E-state index in [2.05, 4.69) is 36.9 Å². The predicted molar refractivity (Wildman–Crippen MR) is 205 cm³/mol. The molecule has 0 saturated heterocycles. The van der Waals surface area contributed by atoms with E-state index in [4.69, 9.17) is 19.3 Å². The van der Waals surface area contributed by atoms with Gasteiger partial charge in [0.2, 0.25) is 0 Å². The third-order valence-electron chi connectivity index (χ3n) is 8.40. The van der Waals surface area contributed by atoms with Crippen LogP contribution in [0.15, 0.2) is 30.5 Å². The van der Waals surface area contributed by atoms with E-state index in [1.807, 2.05) is 13.2 Å². The van der Waals surface area contributed by atoms with Crippen molar-refractivity contribution in [3.63, 3.8) is 0 Å². The summed E-state index contributed by atoms with van der Waals surface area (Å²) in [7, 11) is 1.86. The molecule has 2 atom stereocenters. The number of nitrogens with zero attached hydrogens (tertiary/aromatic N) is 3. The Morgan fingerprint density at radius 2 is 1.21 bits per heavy atom. The van der Waals surface area contributed by atoms with E-state index in [-0.39, 0.29) is 24.7 Å². The van der Waals surface area contributed by atoms with E-state index in [1.54, 1.807) is 28.9 Å². The Kier molecular flexibility index (Phi) is 24.5. The Balaban J connectivity index is 1.53. The van der Waals surface area contributed by atoms with Crippen LogP contribution in [0.3, 0.4) is 0 Å². The molecule has 1 aromatic heterocycles. The minimum atomic E-state index is -1.47. The molecule has 1 heterocycles. The Morgan fingerprint density at radius 1 is 0.667 bits per heavy atom. The molecule has 318 valence electrons. The molecule has 2 aromatic rings. The van der Waals surface area contributed by atoms with Crippen LogP contribution in [0, 0.1) is 0 Å². The predicted octanol–water partition coefficient (Wildman–Crippen LogP) is 1.05. The second-order valence-corrected chi connectivity index (χ2v) is 13.0. The number of carboxylic acids is 3. The van der Waals surface area contributed by atoms with Crippen LogP contribution in [0.5, 0.6) is 0 Å². The number of benzene rings is 1. The number of likely N-dealkylation sites (N-methyl/N-ethyl adjacent to an activating group) is 1. The topological polar surface area (TPSA) is 282 Å². The fraction of sp³-hybridized carbons (Fsp3) is 0.622. The largest absolute Gasteiger partial charge is 0.481 e. The number of nitrogens with one attached hydrogen (secondary N) is 5. The van der Waals surface area contributed by atoms with E-state index in [0.717, 1.165) is 44.3 Å². The first-order valence-electron chi connectivity index (χ1n) is 19.2. The summed E-state index contributed by atoms with van der Waals surface area (Å²) in [5.41, 5.74) is 1.74. The maximum absolute atomic E-state index is 12.5. The number of aromatic nitrogens is 3. The summed E-state index contributed by atoms with van der Waals surface area (Å²) in [6, 6.07) is 2.73. The first kappa shape index (κ1) is 48.0. The van der Waals surface area contributed by atoms with Gasteiger partial charge in [-0.05, 0) is 76.3 Å². The van der Waals surface area contributed by atoms with Gasteiger partial charge in [-0.1, -0.05) is 18.1 Å². The van der Waals surface area contributed by atoms with E-state index >= 15 is 0 Å². The molecule has 20 nitrogen and oxygen atoms in total. The summed E-state index contributed by atoms with van der Waals surface area (Å²) < 4.78 is 17.9. The smallest absolute Gasteiger partial charge is 0.326 e. The first-order valence-corrected chi connectivity index (χ1v) is 19.2. The van der Waals surface area contributed by atoms with Gasteiger partial charge in [0.1, 0.15) is 12.1 Å². The van der Waals surface area contributed by atoms with Gasteiger partial charge in [-0.2, -0.15) is 0 Å². The summed E-state index contributed by atoms with van der Waals surface area (Å²) in [4.78, 5) is 70.7. The zero-order chi connectivity index (χ0) is 41.7. The maximum atomic E-state index is 12.5. The standard InChI is InChI=1S/C37H58N8O12/c1-38-17-20-55-22-24-57-25-23-56-21-18-40-34(49)28-12-10-27(11-13-28)33(48)39-16-6-3-2-4-8-29-26-45(44-43-29)19-7-5-9-30(35(50)51)41-37(54)42-31(36(52)53)14-15-32(46)47/h10-13,26,30-31,38H,2-9,14-25H2,1H3,(H,39,48)(H,40,49)(H,46,47)(H,50,51)(H,52,53)(H2,41,42,54)/t30-,31-/m0/s1. The monoisotopic (exact) mass is 806 g/mol. The highest BCUT2D eigenvalue weighted by Crippen LogP contribution is 2.09. The zero-order valence-electron chi connectivity index (χ0n) is 32.5. The van der Waals surface area contributed by atoms with Crippen molar-refractivity contribution in [3.8, 4) is 0 Å². The van der Waals surface area contributed by atoms with Crippen LogP contribution >= 0.6 is 0 Å². The van der Waals surface area contributed by atoms with Crippen molar-refractivity contribution in [1.82, 2.24) is 41.6 Å². The van der Waals surface area contributed by atoms with Crippen LogP contribution < -0.4 is 26.6 Å². The van der Waals surface area contributed by atoms with Gasteiger partial charge >= 0.3 is 23.9 Å². The van der Waals surface area contributed by atoms with E-state index < -0.39 is 42.4 Å². The summed E-state index contributed by atoms with van der Waals surface area (Å²) in [5.74, 6) is -4.39. The lowest BCUT2D eigenvalue weighted by molar-refractivity contribution is -0.140. The number of carboxylic acid groups (broad SMARTS) is 3. The number of rotatable bonds is 33. The Labute approximate surface area is 331 Å². The number of carbonyl (C=O) groups is 6. The number of unbranched alkanes of at least 4 members (excludes halogenated alkanes) is 4. The molecule has 0 aliphatic carbocycles. The molecule has 0 spiro atoms. The van der Waals surface area contributed by atoms with Crippen molar-refractivity contribution in [3.05, 3.63) is 47.3 Å². The molecule has 20 heteroatoms. The third-order valence-corrected chi connectivity index (χ3v) is 8.40. The van der Waals surface area contributed by atoms with Gasteiger partial charge in [0, 0.05) is 49.9 Å². The Hall–Kier alpha value is -5.18. The zero-order valence-corrected chi connectivity index (χ0v) is 32.5. The van der Waals surface area contributed by atoms with Crippen molar-refractivity contribution in [2.24, 2.45) is 0 Å². The lowest BCUT2D eigenvalue weighted by atomic mass is 10.1. The average molecular weight is 807 g/mol. The maximum Gasteiger partial charge on any atom is 0.326 e. The van der Waals surface area contributed by atoms with Gasteiger partial charge in [-0.15, -0.1) is 5.10 Å². The molecule has 4 amide bonds. The number of hydrogen-bond acceptors (Lipinski definition) is 12. The number of hydrogen-bond donors (Lipinski definition) is 8. The molecular formula is C37H58N8O12. The minimum Gasteiger partial charge on any atom is -0.481 e. The molecule has 2 rings (SSSR count). The lowest BCUT2D eigenvalue weighted by Crippen LogP contribution is -2.51. The molecule has 0 aliphatic rings. The van der Waals surface area contributed by atoms with Crippen LogP contribution in [-0.2, 0) is 41.6 Å². The number of ether oxygens (including phenoxy) is 3. The van der Waals surface area contributed by atoms with Crippen molar-refractivity contribution >= 4 is 35.8 Å². The molecule has 0 fully saturated rings. The second-order valence-electron chi connectivity index (χ2n) is 13.0. The SMILES string of the molecule is CNCCOCCOCCOCCNC(=O)c1ccc(C(=O)NCCCCCCc2cn(CCCC[C@H](NC(=O)N[C@@H](CCC(=O)O)C(=O)O)C(=O)O)nn2)cc1. The molecule has 0 radical (unpaired) electrons. The number of carbonyl (C=O) groups excluding carboxylic acids is 3. The molecule has 0 bridgehead atoms. The molecule has 57 heavy (non-hydrogen) atoms. The number of amides is 4.